The Morgan fingerprint density at radius 2 is 0.506 bits per heavy atom. The lowest BCUT2D eigenvalue weighted by Crippen LogP contribution is -2.30. The van der Waals surface area contributed by atoms with Crippen LogP contribution in [0.4, 0.5) is 0 Å². The van der Waals surface area contributed by atoms with Crippen LogP contribution in [-0.4, -0.2) is 37.2 Å². The molecule has 0 bridgehead atoms. The van der Waals surface area contributed by atoms with Gasteiger partial charge in [-0.15, -0.1) is 0 Å². The van der Waals surface area contributed by atoms with Crippen LogP contribution in [0.3, 0.4) is 0 Å². The monoisotopic (exact) mass is 1100 g/mol. The van der Waals surface area contributed by atoms with Crippen LogP contribution >= 0.6 is 0 Å². The third kappa shape index (κ3) is 65.5. The highest BCUT2D eigenvalue weighted by atomic mass is 16.6. The summed E-state index contributed by atoms with van der Waals surface area (Å²) >= 11 is 0. The number of rotatable bonds is 63. The molecule has 0 aromatic rings. The molecule has 6 nitrogen and oxygen atoms in total. The average molecular weight is 1100 g/mol. The second kappa shape index (κ2) is 67.4. The van der Waals surface area contributed by atoms with Crippen molar-refractivity contribution in [1.82, 2.24) is 0 Å². The molecular weight excluding hydrogens is 973 g/mol. The molecule has 0 aromatic carbocycles. The van der Waals surface area contributed by atoms with Crippen LogP contribution in [0.2, 0.25) is 0 Å². The number of hydrogen-bond donors (Lipinski definition) is 0. The summed E-state index contributed by atoms with van der Waals surface area (Å²) in [7, 11) is 0. The van der Waals surface area contributed by atoms with Crippen LogP contribution in [0.15, 0.2) is 72.9 Å². The Morgan fingerprint density at radius 1 is 0.266 bits per heavy atom. The summed E-state index contributed by atoms with van der Waals surface area (Å²) in [5.74, 6) is -0.941. The Labute approximate surface area is 491 Å². The van der Waals surface area contributed by atoms with Gasteiger partial charge in [0.2, 0.25) is 0 Å². The van der Waals surface area contributed by atoms with E-state index in [-0.39, 0.29) is 37.5 Å². The van der Waals surface area contributed by atoms with E-state index in [0.29, 0.717) is 19.3 Å². The van der Waals surface area contributed by atoms with E-state index in [1.165, 1.54) is 231 Å². The fourth-order valence-electron chi connectivity index (χ4n) is 10.1. The molecule has 0 aliphatic rings. The maximum Gasteiger partial charge on any atom is 0.306 e. The molecule has 0 rings (SSSR count). The summed E-state index contributed by atoms with van der Waals surface area (Å²) in [6, 6.07) is 0. The zero-order chi connectivity index (χ0) is 57.1. The fourth-order valence-corrected chi connectivity index (χ4v) is 10.1. The highest BCUT2D eigenvalue weighted by Crippen LogP contribution is 2.18. The Morgan fingerprint density at radius 3 is 0.823 bits per heavy atom. The molecule has 0 spiro atoms. The van der Waals surface area contributed by atoms with Crippen LogP contribution in [0.25, 0.3) is 0 Å². The van der Waals surface area contributed by atoms with Gasteiger partial charge in [0, 0.05) is 19.3 Å². The molecule has 458 valence electrons. The van der Waals surface area contributed by atoms with Crippen molar-refractivity contribution in [2.75, 3.05) is 13.2 Å². The van der Waals surface area contributed by atoms with E-state index in [9.17, 15) is 14.4 Å². The lowest BCUT2D eigenvalue weighted by atomic mass is 10.0. The zero-order valence-corrected chi connectivity index (χ0v) is 52.6. The molecule has 6 heteroatoms. The topological polar surface area (TPSA) is 78.9 Å². The predicted molar refractivity (Wildman–Crippen MR) is 344 cm³/mol. The number of esters is 3. The van der Waals surface area contributed by atoms with Gasteiger partial charge in [-0.2, -0.15) is 0 Å². The lowest BCUT2D eigenvalue weighted by Gasteiger charge is -2.18. The molecule has 0 aromatic heterocycles. The fraction of sp³-hybridized carbons (Fsp3) is 0.795. The van der Waals surface area contributed by atoms with Gasteiger partial charge in [0.15, 0.2) is 6.10 Å². The zero-order valence-electron chi connectivity index (χ0n) is 52.6. The second-order valence-electron chi connectivity index (χ2n) is 23.1. The van der Waals surface area contributed by atoms with Crippen LogP contribution in [0, 0.1) is 0 Å². The third-order valence-electron chi connectivity index (χ3n) is 15.2. The van der Waals surface area contributed by atoms with Gasteiger partial charge in [-0.05, 0) is 83.5 Å². The van der Waals surface area contributed by atoms with Crippen LogP contribution in [-0.2, 0) is 28.6 Å². The highest BCUT2D eigenvalue weighted by Gasteiger charge is 2.19. The van der Waals surface area contributed by atoms with Crippen molar-refractivity contribution in [2.45, 2.75) is 361 Å². The van der Waals surface area contributed by atoms with Crippen molar-refractivity contribution in [3.63, 3.8) is 0 Å². The molecule has 0 amide bonds. The third-order valence-corrected chi connectivity index (χ3v) is 15.2. The summed E-state index contributed by atoms with van der Waals surface area (Å²) in [4.78, 5) is 38.1. The van der Waals surface area contributed by atoms with E-state index in [4.69, 9.17) is 14.2 Å². The molecule has 0 N–H and O–H groups in total. The summed E-state index contributed by atoms with van der Waals surface area (Å²) in [6.45, 7) is 6.50. The lowest BCUT2D eigenvalue weighted by molar-refractivity contribution is -0.167. The Hall–Kier alpha value is -3.15. The quantitative estimate of drug-likeness (QED) is 0.0261. The number of carbonyl (C=O) groups is 3. The molecule has 1 atom stereocenters. The highest BCUT2D eigenvalue weighted by molar-refractivity contribution is 5.71. The largest absolute Gasteiger partial charge is 0.462 e. The van der Waals surface area contributed by atoms with E-state index in [1.807, 2.05) is 0 Å². The molecular formula is C73H130O6. The van der Waals surface area contributed by atoms with E-state index in [0.717, 1.165) is 77.0 Å². The first-order valence-electron chi connectivity index (χ1n) is 34.4. The molecule has 0 saturated heterocycles. The summed E-state index contributed by atoms with van der Waals surface area (Å²) in [5, 5.41) is 0. The van der Waals surface area contributed by atoms with Crippen molar-refractivity contribution in [3.8, 4) is 0 Å². The van der Waals surface area contributed by atoms with Gasteiger partial charge in [-0.25, -0.2) is 0 Å². The molecule has 1 unspecified atom stereocenters. The van der Waals surface area contributed by atoms with Crippen molar-refractivity contribution >= 4 is 17.9 Å². The molecule has 0 saturated carbocycles. The second-order valence-corrected chi connectivity index (χ2v) is 23.1. The van der Waals surface area contributed by atoms with Gasteiger partial charge < -0.3 is 14.2 Å². The normalized spacial score (nSPS) is 12.5. The predicted octanol–water partition coefficient (Wildman–Crippen LogP) is 23.7. The number of allylic oxidation sites excluding steroid dienone is 12. The average Bonchev–Trinajstić information content (AvgIpc) is 3.45. The van der Waals surface area contributed by atoms with E-state index < -0.39 is 6.10 Å². The minimum absolute atomic E-state index is 0.0941. The van der Waals surface area contributed by atoms with Gasteiger partial charge in [0.05, 0.1) is 0 Å². The Bertz CT molecular complexity index is 1450. The summed E-state index contributed by atoms with van der Waals surface area (Å²) in [5.41, 5.74) is 0. The molecule has 0 aliphatic heterocycles. The van der Waals surface area contributed by atoms with Gasteiger partial charge >= 0.3 is 17.9 Å². The Balaban J connectivity index is 4.04. The van der Waals surface area contributed by atoms with Gasteiger partial charge in [0.25, 0.3) is 0 Å². The molecule has 0 heterocycles. The molecule has 79 heavy (non-hydrogen) atoms. The first-order valence-corrected chi connectivity index (χ1v) is 34.4. The van der Waals surface area contributed by atoms with E-state index >= 15 is 0 Å². The summed E-state index contributed by atoms with van der Waals surface area (Å²) in [6.07, 6.45) is 88.3. The minimum Gasteiger partial charge on any atom is -0.462 e. The van der Waals surface area contributed by atoms with Crippen LogP contribution in [0.1, 0.15) is 355 Å². The molecule has 0 radical (unpaired) electrons. The van der Waals surface area contributed by atoms with Gasteiger partial charge in [-0.3, -0.25) is 14.4 Å². The van der Waals surface area contributed by atoms with Crippen molar-refractivity contribution in [1.29, 1.82) is 0 Å². The number of hydrogen-bond acceptors (Lipinski definition) is 6. The number of ether oxygens (including phenoxy) is 3. The van der Waals surface area contributed by atoms with Gasteiger partial charge in [-0.1, -0.05) is 325 Å². The molecule has 0 aliphatic carbocycles. The number of unbranched alkanes of at least 4 members (excludes halogenated alkanes) is 40. The first kappa shape index (κ1) is 75.8. The SMILES string of the molecule is CC/C=C\C/C=C\C/C=C\C/C=C\C/C=C\CCCC(=O)OC(COC(=O)CCCCCCCCCCC)COC(=O)CCCCCCCCCCCCCCCCCCCCCCCCC/C=C\CCCCCCCCCC. The summed E-state index contributed by atoms with van der Waals surface area (Å²) < 4.78 is 16.8. The number of carbonyl (C=O) groups excluding carboxylic acids is 3. The van der Waals surface area contributed by atoms with Crippen LogP contribution < -0.4 is 0 Å². The maximum absolute atomic E-state index is 12.8. The minimum atomic E-state index is -0.802. The van der Waals surface area contributed by atoms with Crippen molar-refractivity contribution in [2.24, 2.45) is 0 Å². The van der Waals surface area contributed by atoms with Crippen molar-refractivity contribution in [3.05, 3.63) is 72.9 Å². The van der Waals surface area contributed by atoms with Gasteiger partial charge in [0.1, 0.15) is 13.2 Å². The van der Waals surface area contributed by atoms with Crippen molar-refractivity contribution < 1.29 is 28.6 Å². The van der Waals surface area contributed by atoms with Crippen LogP contribution in [0.5, 0.6) is 0 Å². The Kier molecular flexibility index (Phi) is 64.7. The maximum atomic E-state index is 12.8. The smallest absolute Gasteiger partial charge is 0.306 e. The first-order chi connectivity index (χ1) is 39.0. The van der Waals surface area contributed by atoms with E-state index in [1.54, 1.807) is 0 Å². The molecule has 0 fully saturated rings. The van der Waals surface area contributed by atoms with E-state index in [2.05, 4.69) is 93.7 Å². The standard InChI is InChI=1S/C73H130O6/c1-4-7-10-13-16-19-21-23-25-27-28-29-30-31-32-33-34-35-36-37-38-39-40-41-42-43-44-46-47-49-51-54-57-60-63-66-72(75)78-69-70(68-77-71(74)65-62-59-56-53-18-15-12-9-6-3)79-73(76)67-64-61-58-55-52-50-48-45-26-24-22-20-17-14-11-8-5-2/h8,11,17,20,24,26-28,48,50,55,58,70H,4-7,9-10,12-16,18-19,21-23,25,29-47,49,51-54,56-57,59-69H2,1-3H3/b11-8-,20-17-,26-24-,28-27-,50-48-,58-55-.